The van der Waals surface area contributed by atoms with Gasteiger partial charge in [0.1, 0.15) is 5.69 Å². The van der Waals surface area contributed by atoms with E-state index in [9.17, 15) is 9.90 Å². The van der Waals surface area contributed by atoms with Gasteiger partial charge in [0, 0.05) is 18.7 Å². The second-order valence-corrected chi connectivity index (χ2v) is 7.59. The first-order valence-corrected chi connectivity index (χ1v) is 9.39. The molecular formula is C20H18N4O2S. The van der Waals surface area contributed by atoms with Gasteiger partial charge in [-0.1, -0.05) is 47.7 Å². The van der Waals surface area contributed by atoms with E-state index in [1.807, 2.05) is 30.1 Å². The first-order chi connectivity index (χ1) is 12.9. The summed E-state index contributed by atoms with van der Waals surface area (Å²) in [5, 5.41) is 11.5. The van der Waals surface area contributed by atoms with Gasteiger partial charge in [-0.3, -0.25) is 0 Å². The van der Waals surface area contributed by atoms with Gasteiger partial charge >= 0.3 is 5.97 Å². The van der Waals surface area contributed by atoms with Gasteiger partial charge in [0.05, 0.1) is 0 Å². The lowest BCUT2D eigenvalue weighted by atomic mass is 10.0. The number of hydrogen-bond donors (Lipinski definition) is 1. The van der Waals surface area contributed by atoms with Crippen LogP contribution in [-0.2, 0) is 0 Å². The minimum Gasteiger partial charge on any atom is -0.476 e. The van der Waals surface area contributed by atoms with Crippen molar-refractivity contribution >= 4 is 44.4 Å². The van der Waals surface area contributed by atoms with Crippen LogP contribution in [0.15, 0.2) is 42.5 Å². The van der Waals surface area contributed by atoms with Crippen LogP contribution in [0.5, 0.6) is 0 Å². The molecule has 0 spiro atoms. The first kappa shape index (κ1) is 17.4. The lowest BCUT2D eigenvalue weighted by Gasteiger charge is -2.24. The summed E-state index contributed by atoms with van der Waals surface area (Å²) >= 11 is 1.04. The van der Waals surface area contributed by atoms with Crippen molar-refractivity contribution in [2.45, 2.75) is 19.9 Å². The van der Waals surface area contributed by atoms with Crippen LogP contribution in [0.4, 0.5) is 5.82 Å². The molecule has 4 rings (SSSR count). The number of carboxylic acid groups (broad SMARTS) is 1. The van der Waals surface area contributed by atoms with Crippen LogP contribution in [0.3, 0.4) is 0 Å². The summed E-state index contributed by atoms with van der Waals surface area (Å²) in [7, 11) is 1.96. The van der Waals surface area contributed by atoms with E-state index in [0.717, 1.165) is 27.7 Å². The number of anilines is 1. The average molecular weight is 378 g/mol. The summed E-state index contributed by atoms with van der Waals surface area (Å²) in [6.07, 6.45) is 0. The van der Waals surface area contributed by atoms with Crippen molar-refractivity contribution in [3.8, 4) is 11.3 Å². The second-order valence-electron chi connectivity index (χ2n) is 6.62. The van der Waals surface area contributed by atoms with Crippen LogP contribution in [0.2, 0.25) is 0 Å². The fourth-order valence-corrected chi connectivity index (χ4v) is 3.58. The molecule has 27 heavy (non-hydrogen) atoms. The summed E-state index contributed by atoms with van der Waals surface area (Å²) < 4.78 is 0. The Labute approximate surface area is 160 Å². The summed E-state index contributed by atoms with van der Waals surface area (Å²) in [5.74, 6) is -0.348. The summed E-state index contributed by atoms with van der Waals surface area (Å²) in [5.41, 5.74) is 1.99. The molecule has 7 heteroatoms. The lowest BCUT2D eigenvalue weighted by Crippen LogP contribution is -2.27. The lowest BCUT2D eigenvalue weighted by molar-refractivity contribution is 0.0696. The first-order valence-electron chi connectivity index (χ1n) is 8.58. The fourth-order valence-electron chi connectivity index (χ4n) is 2.87. The highest BCUT2D eigenvalue weighted by Gasteiger charge is 2.20. The Balaban J connectivity index is 1.97. The Morgan fingerprint density at radius 3 is 2.52 bits per heavy atom. The molecule has 4 aromatic rings. The molecule has 2 aromatic heterocycles. The number of aromatic nitrogens is 3. The quantitative estimate of drug-likeness (QED) is 0.565. The Morgan fingerprint density at radius 2 is 1.81 bits per heavy atom. The van der Waals surface area contributed by atoms with Crippen molar-refractivity contribution in [2.75, 3.05) is 11.9 Å². The summed E-state index contributed by atoms with van der Waals surface area (Å²) in [6.45, 7) is 4.15. The van der Waals surface area contributed by atoms with Crippen LogP contribution in [0.1, 0.15) is 23.6 Å². The van der Waals surface area contributed by atoms with Crippen LogP contribution < -0.4 is 4.90 Å². The third-order valence-electron chi connectivity index (χ3n) is 4.54. The van der Waals surface area contributed by atoms with Gasteiger partial charge in [-0.05, 0) is 30.7 Å². The number of thiazole rings is 1. The number of rotatable bonds is 4. The number of hydrogen-bond acceptors (Lipinski definition) is 6. The molecule has 0 bridgehead atoms. The average Bonchev–Trinajstić information content (AvgIpc) is 3.09. The number of carboxylic acids is 1. The van der Waals surface area contributed by atoms with Gasteiger partial charge in [-0.25, -0.2) is 19.7 Å². The van der Waals surface area contributed by atoms with Crippen LogP contribution in [0.25, 0.3) is 32.5 Å². The maximum atomic E-state index is 11.3. The minimum atomic E-state index is -1.06. The Bertz CT molecular complexity index is 1170. The van der Waals surface area contributed by atoms with Gasteiger partial charge in [0.15, 0.2) is 16.3 Å². The van der Waals surface area contributed by atoms with Crippen molar-refractivity contribution in [3.05, 3.63) is 47.5 Å². The van der Waals surface area contributed by atoms with E-state index in [1.165, 1.54) is 0 Å². The standard InChI is InChI=1S/C20H18N4O2S/c1-11(2)24(3)17-15(14-9-8-12-6-4-5-7-13(12)10-14)21-16-18(23-17)27-19(22-16)20(25)26/h4-11H,1-3H3,(H,25,26). The molecule has 0 unspecified atom stereocenters. The topological polar surface area (TPSA) is 79.2 Å². The molecule has 136 valence electrons. The van der Waals surface area contributed by atoms with E-state index in [4.69, 9.17) is 9.97 Å². The maximum Gasteiger partial charge on any atom is 0.365 e. The van der Waals surface area contributed by atoms with Gasteiger partial charge in [-0.15, -0.1) is 0 Å². The Hall–Kier alpha value is -3.06. The van der Waals surface area contributed by atoms with Gasteiger partial charge in [-0.2, -0.15) is 0 Å². The number of benzene rings is 2. The van der Waals surface area contributed by atoms with E-state index in [2.05, 4.69) is 43.1 Å². The van der Waals surface area contributed by atoms with Crippen molar-refractivity contribution in [1.29, 1.82) is 0 Å². The van der Waals surface area contributed by atoms with Crippen LogP contribution >= 0.6 is 11.3 Å². The molecule has 0 amide bonds. The summed E-state index contributed by atoms with van der Waals surface area (Å²) in [6, 6.07) is 14.5. The number of carbonyl (C=O) groups is 1. The smallest absolute Gasteiger partial charge is 0.365 e. The molecule has 0 atom stereocenters. The highest BCUT2D eigenvalue weighted by Crippen LogP contribution is 2.33. The SMILES string of the molecule is CC(C)N(C)c1nc2sc(C(=O)O)nc2nc1-c1ccc2ccccc2c1. The largest absolute Gasteiger partial charge is 0.476 e. The van der Waals surface area contributed by atoms with E-state index >= 15 is 0 Å². The predicted octanol–water partition coefficient (Wildman–Crippen LogP) is 4.45. The molecule has 0 aliphatic rings. The molecule has 1 N–H and O–H groups in total. The molecular weight excluding hydrogens is 360 g/mol. The normalized spacial score (nSPS) is 11.4. The predicted molar refractivity (Wildman–Crippen MR) is 109 cm³/mol. The fraction of sp³-hybridized carbons (Fsp3) is 0.200. The molecule has 0 fully saturated rings. The van der Waals surface area contributed by atoms with Crippen LogP contribution in [-0.4, -0.2) is 39.1 Å². The van der Waals surface area contributed by atoms with Crippen molar-refractivity contribution in [3.63, 3.8) is 0 Å². The molecule has 2 aromatic carbocycles. The van der Waals surface area contributed by atoms with E-state index in [0.29, 0.717) is 22.0 Å². The van der Waals surface area contributed by atoms with E-state index in [1.54, 1.807) is 0 Å². The van der Waals surface area contributed by atoms with Gasteiger partial charge in [0.25, 0.3) is 0 Å². The van der Waals surface area contributed by atoms with Crippen molar-refractivity contribution < 1.29 is 9.90 Å². The third-order valence-corrected chi connectivity index (χ3v) is 5.47. The minimum absolute atomic E-state index is 0.00110. The van der Waals surface area contributed by atoms with Gasteiger partial charge < -0.3 is 10.0 Å². The molecule has 0 saturated carbocycles. The van der Waals surface area contributed by atoms with E-state index in [-0.39, 0.29) is 11.0 Å². The number of fused-ring (bicyclic) bond motifs is 2. The summed E-state index contributed by atoms with van der Waals surface area (Å²) in [4.78, 5) is 27.4. The van der Waals surface area contributed by atoms with Crippen LogP contribution in [0, 0.1) is 0 Å². The molecule has 6 nitrogen and oxygen atoms in total. The van der Waals surface area contributed by atoms with Gasteiger partial charge in [0.2, 0.25) is 5.01 Å². The second kappa shape index (κ2) is 6.59. The van der Waals surface area contributed by atoms with E-state index < -0.39 is 5.97 Å². The van der Waals surface area contributed by atoms with Crippen molar-refractivity contribution in [2.24, 2.45) is 0 Å². The zero-order chi connectivity index (χ0) is 19.1. The zero-order valence-corrected chi connectivity index (χ0v) is 16.0. The molecule has 0 aliphatic heterocycles. The molecule has 2 heterocycles. The Morgan fingerprint density at radius 1 is 1.07 bits per heavy atom. The monoisotopic (exact) mass is 378 g/mol. The molecule has 0 aliphatic carbocycles. The number of aromatic carboxylic acids is 1. The highest BCUT2D eigenvalue weighted by molar-refractivity contribution is 7.19. The molecule has 0 saturated heterocycles. The zero-order valence-electron chi connectivity index (χ0n) is 15.2. The maximum absolute atomic E-state index is 11.3. The number of nitrogens with zero attached hydrogens (tertiary/aromatic N) is 4. The Kier molecular flexibility index (Phi) is 4.24. The highest BCUT2D eigenvalue weighted by atomic mass is 32.1. The molecule has 0 radical (unpaired) electrons. The van der Waals surface area contributed by atoms with Crippen molar-refractivity contribution in [1.82, 2.24) is 15.0 Å². The third kappa shape index (κ3) is 3.10.